The lowest BCUT2D eigenvalue weighted by Crippen LogP contribution is -2.44. The number of carbonyl (C=O) groups excluding carboxylic acids is 3. The quantitative estimate of drug-likeness (QED) is 0.602. The molecule has 0 saturated carbocycles. The molecule has 0 aliphatic carbocycles. The Morgan fingerprint density at radius 3 is 2.26 bits per heavy atom. The Bertz CT molecular complexity index is 530. The predicted octanol–water partition coefficient (Wildman–Crippen LogP) is 2.16. The number of amides is 3. The van der Waals surface area contributed by atoms with Crippen LogP contribution < -0.4 is 0 Å². The van der Waals surface area contributed by atoms with Crippen LogP contribution in [-0.4, -0.2) is 22.6 Å². The summed E-state index contributed by atoms with van der Waals surface area (Å²) in [6.07, 6.45) is 2.73. The van der Waals surface area contributed by atoms with Gasteiger partial charge in [0, 0.05) is 18.4 Å². The van der Waals surface area contributed by atoms with Crippen LogP contribution in [0.5, 0.6) is 0 Å². The zero-order valence-corrected chi connectivity index (χ0v) is 10.8. The van der Waals surface area contributed by atoms with Crippen molar-refractivity contribution >= 4 is 23.8 Å². The van der Waals surface area contributed by atoms with Gasteiger partial charge >= 0.3 is 0 Å². The molecule has 1 aromatic carbocycles. The number of likely N-dealkylation sites (tertiary alicyclic amines) is 1. The molecule has 1 heterocycles. The SMILES string of the molecule is C/C(=C\c1ccccc1)C(=O)N1C(=O)CCCC1=O. The van der Waals surface area contributed by atoms with Gasteiger partial charge in [-0.1, -0.05) is 30.3 Å². The molecule has 0 spiro atoms. The maximum atomic E-state index is 12.1. The van der Waals surface area contributed by atoms with E-state index in [4.69, 9.17) is 0 Å². The molecule has 1 aliphatic heterocycles. The molecule has 3 amide bonds. The summed E-state index contributed by atoms with van der Waals surface area (Å²) >= 11 is 0. The Labute approximate surface area is 111 Å². The molecular weight excluding hydrogens is 242 g/mol. The number of hydrogen-bond acceptors (Lipinski definition) is 3. The molecule has 4 heteroatoms. The van der Waals surface area contributed by atoms with Crippen molar-refractivity contribution in [2.75, 3.05) is 0 Å². The summed E-state index contributed by atoms with van der Waals surface area (Å²) in [7, 11) is 0. The lowest BCUT2D eigenvalue weighted by molar-refractivity contribution is -0.154. The summed E-state index contributed by atoms with van der Waals surface area (Å²) < 4.78 is 0. The van der Waals surface area contributed by atoms with Crippen molar-refractivity contribution in [1.82, 2.24) is 4.90 Å². The molecule has 1 aromatic rings. The Kier molecular flexibility index (Phi) is 3.90. The summed E-state index contributed by atoms with van der Waals surface area (Å²) in [6, 6.07) is 9.32. The van der Waals surface area contributed by atoms with Crippen LogP contribution in [0.3, 0.4) is 0 Å². The fourth-order valence-electron chi connectivity index (χ4n) is 2.02. The molecule has 0 radical (unpaired) electrons. The zero-order valence-electron chi connectivity index (χ0n) is 10.8. The molecule has 19 heavy (non-hydrogen) atoms. The van der Waals surface area contributed by atoms with Crippen LogP contribution in [0, 0.1) is 0 Å². The zero-order chi connectivity index (χ0) is 13.8. The summed E-state index contributed by atoms with van der Waals surface area (Å²) in [6.45, 7) is 1.62. The van der Waals surface area contributed by atoms with Crippen molar-refractivity contribution in [3.8, 4) is 0 Å². The van der Waals surface area contributed by atoms with Crippen molar-refractivity contribution in [2.24, 2.45) is 0 Å². The number of nitrogens with zero attached hydrogens (tertiary/aromatic N) is 1. The molecule has 0 N–H and O–H groups in total. The van der Waals surface area contributed by atoms with Gasteiger partial charge in [-0.05, 0) is 25.0 Å². The van der Waals surface area contributed by atoms with E-state index in [0.29, 0.717) is 12.0 Å². The van der Waals surface area contributed by atoms with Crippen LogP contribution >= 0.6 is 0 Å². The minimum atomic E-state index is -0.515. The standard InChI is InChI=1S/C15H15NO3/c1-11(10-12-6-3-2-4-7-12)15(19)16-13(17)8-5-9-14(16)18/h2-4,6-7,10H,5,8-9H2,1H3/b11-10+. The molecule has 1 saturated heterocycles. The van der Waals surface area contributed by atoms with Gasteiger partial charge in [0.15, 0.2) is 0 Å². The van der Waals surface area contributed by atoms with Gasteiger partial charge in [-0.25, -0.2) is 4.90 Å². The first-order valence-electron chi connectivity index (χ1n) is 6.23. The van der Waals surface area contributed by atoms with Crippen LogP contribution in [-0.2, 0) is 14.4 Å². The Balaban J connectivity index is 2.21. The van der Waals surface area contributed by atoms with Gasteiger partial charge in [-0.15, -0.1) is 0 Å². The van der Waals surface area contributed by atoms with Crippen LogP contribution in [0.2, 0.25) is 0 Å². The number of hydrogen-bond donors (Lipinski definition) is 0. The molecule has 2 rings (SSSR count). The fraction of sp³-hybridized carbons (Fsp3) is 0.267. The second-order valence-electron chi connectivity index (χ2n) is 4.52. The highest BCUT2D eigenvalue weighted by Gasteiger charge is 2.31. The third-order valence-electron chi connectivity index (χ3n) is 3.00. The van der Waals surface area contributed by atoms with Crippen molar-refractivity contribution in [3.63, 3.8) is 0 Å². The highest BCUT2D eigenvalue weighted by atomic mass is 16.2. The van der Waals surface area contributed by atoms with E-state index < -0.39 is 17.7 Å². The van der Waals surface area contributed by atoms with Gasteiger partial charge in [0.05, 0.1) is 0 Å². The smallest absolute Gasteiger partial charge is 0.262 e. The van der Waals surface area contributed by atoms with E-state index in [9.17, 15) is 14.4 Å². The number of benzene rings is 1. The molecule has 0 unspecified atom stereocenters. The van der Waals surface area contributed by atoms with E-state index in [1.54, 1.807) is 13.0 Å². The molecule has 0 aromatic heterocycles. The molecule has 4 nitrogen and oxygen atoms in total. The van der Waals surface area contributed by atoms with Crippen molar-refractivity contribution in [2.45, 2.75) is 26.2 Å². The highest BCUT2D eigenvalue weighted by Crippen LogP contribution is 2.16. The highest BCUT2D eigenvalue weighted by molar-refractivity contribution is 6.18. The van der Waals surface area contributed by atoms with Gasteiger partial charge < -0.3 is 0 Å². The van der Waals surface area contributed by atoms with Gasteiger partial charge in [0.25, 0.3) is 5.91 Å². The van der Waals surface area contributed by atoms with Crippen LogP contribution in [0.4, 0.5) is 0 Å². The van der Waals surface area contributed by atoms with E-state index >= 15 is 0 Å². The first-order valence-corrected chi connectivity index (χ1v) is 6.23. The van der Waals surface area contributed by atoms with Crippen LogP contribution in [0.1, 0.15) is 31.7 Å². The topological polar surface area (TPSA) is 54.5 Å². The predicted molar refractivity (Wildman–Crippen MR) is 70.8 cm³/mol. The molecule has 0 atom stereocenters. The fourth-order valence-corrected chi connectivity index (χ4v) is 2.02. The number of rotatable bonds is 2. The van der Waals surface area contributed by atoms with Gasteiger partial charge in [-0.3, -0.25) is 14.4 Å². The maximum absolute atomic E-state index is 12.1. The molecule has 0 bridgehead atoms. The number of piperidine rings is 1. The Hall–Kier alpha value is -2.23. The second-order valence-corrected chi connectivity index (χ2v) is 4.52. The summed E-state index contributed by atoms with van der Waals surface area (Å²) in [5.74, 6) is -1.32. The van der Waals surface area contributed by atoms with Crippen molar-refractivity contribution in [1.29, 1.82) is 0 Å². The maximum Gasteiger partial charge on any atom is 0.262 e. The first kappa shape index (κ1) is 13.2. The van der Waals surface area contributed by atoms with E-state index in [-0.39, 0.29) is 12.8 Å². The normalized spacial score (nSPS) is 16.7. The van der Waals surface area contributed by atoms with Gasteiger partial charge in [-0.2, -0.15) is 0 Å². The van der Waals surface area contributed by atoms with E-state index in [0.717, 1.165) is 10.5 Å². The average Bonchev–Trinajstić information content (AvgIpc) is 2.39. The third-order valence-corrected chi connectivity index (χ3v) is 3.00. The second kappa shape index (κ2) is 5.61. The van der Waals surface area contributed by atoms with Gasteiger partial charge in [0.2, 0.25) is 11.8 Å². The molecule has 98 valence electrons. The van der Waals surface area contributed by atoms with Gasteiger partial charge in [0.1, 0.15) is 0 Å². The lowest BCUT2D eigenvalue weighted by Gasteiger charge is -2.23. The third kappa shape index (κ3) is 2.96. The lowest BCUT2D eigenvalue weighted by atomic mass is 10.1. The Morgan fingerprint density at radius 1 is 1.11 bits per heavy atom. The summed E-state index contributed by atoms with van der Waals surface area (Å²) in [4.78, 5) is 36.2. The monoisotopic (exact) mass is 257 g/mol. The van der Waals surface area contributed by atoms with Crippen molar-refractivity contribution in [3.05, 3.63) is 41.5 Å². The minimum Gasteiger partial charge on any atom is -0.274 e. The first-order chi connectivity index (χ1) is 9.09. The van der Waals surface area contributed by atoms with Crippen molar-refractivity contribution < 1.29 is 14.4 Å². The number of carbonyl (C=O) groups is 3. The van der Waals surface area contributed by atoms with Crippen LogP contribution in [0.25, 0.3) is 6.08 Å². The largest absolute Gasteiger partial charge is 0.274 e. The van der Waals surface area contributed by atoms with E-state index in [1.165, 1.54) is 0 Å². The summed E-state index contributed by atoms with van der Waals surface area (Å²) in [5.41, 5.74) is 1.25. The van der Waals surface area contributed by atoms with E-state index in [2.05, 4.69) is 0 Å². The van der Waals surface area contributed by atoms with E-state index in [1.807, 2.05) is 30.3 Å². The number of imide groups is 3. The Morgan fingerprint density at radius 2 is 1.68 bits per heavy atom. The summed E-state index contributed by atoms with van der Waals surface area (Å²) in [5, 5.41) is 0. The molecular formula is C15H15NO3. The molecule has 1 aliphatic rings. The minimum absolute atomic E-state index is 0.260. The van der Waals surface area contributed by atoms with Crippen LogP contribution in [0.15, 0.2) is 35.9 Å². The average molecular weight is 257 g/mol. The molecule has 1 fully saturated rings.